The first kappa shape index (κ1) is 20.9. The van der Waals surface area contributed by atoms with Gasteiger partial charge in [-0.3, -0.25) is 9.48 Å². The van der Waals surface area contributed by atoms with Gasteiger partial charge >= 0.3 is 0 Å². The predicted octanol–water partition coefficient (Wildman–Crippen LogP) is 4.60. The Kier molecular flexibility index (Phi) is 6.20. The molecule has 0 aliphatic rings. The van der Waals surface area contributed by atoms with Crippen molar-refractivity contribution in [2.75, 3.05) is 11.9 Å². The smallest absolute Gasteiger partial charge is 0.250 e. The van der Waals surface area contributed by atoms with E-state index in [0.717, 1.165) is 17.0 Å². The number of ether oxygens (including phenoxy) is 1. The summed E-state index contributed by atoms with van der Waals surface area (Å²) < 4.78 is 17.8. The summed E-state index contributed by atoms with van der Waals surface area (Å²) in [5.41, 5.74) is 3.75. The van der Waals surface area contributed by atoms with Gasteiger partial charge in [0.05, 0.1) is 36.5 Å². The monoisotopic (exact) mass is 440 g/mol. The van der Waals surface area contributed by atoms with Crippen LogP contribution in [-0.2, 0) is 22.7 Å². The molecule has 4 aromatic rings. The first-order valence-corrected chi connectivity index (χ1v) is 10.0. The number of anilines is 1. The highest BCUT2D eigenvalue weighted by atomic mass is 35.5. The number of halogens is 1. The van der Waals surface area contributed by atoms with Gasteiger partial charge in [-0.15, -0.1) is 0 Å². The summed E-state index contributed by atoms with van der Waals surface area (Å²) in [6, 6.07) is 12.9. The normalized spacial score (nSPS) is 11.1. The third kappa shape index (κ3) is 4.87. The van der Waals surface area contributed by atoms with E-state index in [2.05, 4.69) is 15.6 Å². The highest BCUT2D eigenvalue weighted by molar-refractivity contribution is 6.31. The molecule has 0 saturated carbocycles. The van der Waals surface area contributed by atoms with Crippen molar-refractivity contribution < 1.29 is 18.5 Å². The molecule has 0 aliphatic carbocycles. The van der Waals surface area contributed by atoms with Gasteiger partial charge in [0, 0.05) is 11.1 Å². The number of nitrogens with zero attached hydrogens (tertiary/aromatic N) is 3. The Labute approximate surface area is 183 Å². The maximum atomic E-state index is 12.4. The molecule has 1 N–H and O–H groups in total. The highest BCUT2D eigenvalue weighted by Crippen LogP contribution is 2.23. The maximum Gasteiger partial charge on any atom is 0.250 e. The molecule has 4 rings (SSSR count). The van der Waals surface area contributed by atoms with E-state index in [4.69, 9.17) is 25.3 Å². The van der Waals surface area contributed by atoms with Crippen LogP contribution in [0, 0.1) is 13.8 Å². The SMILES string of the molecule is Cc1nn(Cc2ccccc2Cl)c(C)c1NC(=O)COCc1cc(-c2ccco2)on1. The second-order valence-corrected chi connectivity index (χ2v) is 7.40. The minimum Gasteiger partial charge on any atom is -0.461 e. The van der Waals surface area contributed by atoms with Crippen LogP contribution in [0.3, 0.4) is 0 Å². The molecule has 160 valence electrons. The van der Waals surface area contributed by atoms with Crippen LogP contribution in [-0.4, -0.2) is 27.5 Å². The number of aromatic nitrogens is 3. The van der Waals surface area contributed by atoms with Crippen molar-refractivity contribution in [1.82, 2.24) is 14.9 Å². The molecule has 0 radical (unpaired) electrons. The molecule has 0 fully saturated rings. The van der Waals surface area contributed by atoms with Gasteiger partial charge in [-0.2, -0.15) is 5.10 Å². The molecule has 8 nitrogen and oxygen atoms in total. The molecule has 0 aliphatic heterocycles. The topological polar surface area (TPSA) is 95.3 Å². The van der Waals surface area contributed by atoms with Crippen molar-refractivity contribution in [1.29, 1.82) is 0 Å². The van der Waals surface area contributed by atoms with Gasteiger partial charge in [-0.1, -0.05) is 35.0 Å². The Morgan fingerprint density at radius 3 is 2.81 bits per heavy atom. The van der Waals surface area contributed by atoms with Crippen molar-refractivity contribution in [3.05, 3.63) is 76.4 Å². The number of carbonyl (C=O) groups excluding carboxylic acids is 1. The average Bonchev–Trinajstić information content (AvgIpc) is 3.48. The van der Waals surface area contributed by atoms with Gasteiger partial charge in [-0.05, 0) is 37.6 Å². The summed E-state index contributed by atoms with van der Waals surface area (Å²) in [5.74, 6) is 0.805. The van der Waals surface area contributed by atoms with Crippen LogP contribution in [0.15, 0.2) is 57.7 Å². The fourth-order valence-corrected chi connectivity index (χ4v) is 3.35. The van der Waals surface area contributed by atoms with Crippen LogP contribution in [0.5, 0.6) is 0 Å². The molecule has 3 heterocycles. The van der Waals surface area contributed by atoms with Crippen LogP contribution < -0.4 is 5.32 Å². The van der Waals surface area contributed by atoms with Crippen LogP contribution in [0.4, 0.5) is 5.69 Å². The molecule has 1 aromatic carbocycles. The fourth-order valence-electron chi connectivity index (χ4n) is 3.16. The van der Waals surface area contributed by atoms with Gasteiger partial charge in [0.15, 0.2) is 5.76 Å². The number of furan rings is 1. The number of aryl methyl sites for hydroxylation is 1. The zero-order valence-corrected chi connectivity index (χ0v) is 17.8. The number of rotatable bonds is 8. The summed E-state index contributed by atoms with van der Waals surface area (Å²) in [6.45, 7) is 4.28. The maximum absolute atomic E-state index is 12.4. The van der Waals surface area contributed by atoms with Crippen molar-refractivity contribution in [3.63, 3.8) is 0 Å². The molecule has 0 spiro atoms. The van der Waals surface area contributed by atoms with Gasteiger partial charge in [0.25, 0.3) is 0 Å². The minimum atomic E-state index is -0.279. The van der Waals surface area contributed by atoms with Crippen molar-refractivity contribution in [2.45, 2.75) is 27.0 Å². The predicted molar refractivity (Wildman–Crippen MR) is 115 cm³/mol. The summed E-state index contributed by atoms with van der Waals surface area (Å²) >= 11 is 6.25. The quantitative estimate of drug-likeness (QED) is 0.430. The van der Waals surface area contributed by atoms with E-state index in [0.29, 0.717) is 34.5 Å². The molecule has 31 heavy (non-hydrogen) atoms. The van der Waals surface area contributed by atoms with E-state index < -0.39 is 0 Å². The van der Waals surface area contributed by atoms with E-state index in [1.807, 2.05) is 42.8 Å². The molecule has 9 heteroatoms. The number of hydrogen-bond acceptors (Lipinski definition) is 6. The molecule has 0 bridgehead atoms. The van der Waals surface area contributed by atoms with Crippen LogP contribution in [0.1, 0.15) is 22.6 Å². The molecule has 0 atom stereocenters. The zero-order chi connectivity index (χ0) is 21.8. The number of nitrogens with one attached hydrogen (secondary N) is 1. The van der Waals surface area contributed by atoms with E-state index >= 15 is 0 Å². The van der Waals surface area contributed by atoms with Gasteiger partial charge in [0.1, 0.15) is 12.3 Å². The fraction of sp³-hybridized carbons (Fsp3) is 0.227. The van der Waals surface area contributed by atoms with E-state index in [1.54, 1.807) is 24.5 Å². The van der Waals surface area contributed by atoms with Crippen LogP contribution >= 0.6 is 11.6 Å². The van der Waals surface area contributed by atoms with E-state index in [1.165, 1.54) is 0 Å². The Bertz CT molecular complexity index is 1180. The summed E-state index contributed by atoms with van der Waals surface area (Å²) in [5, 5.41) is 12.0. The molecule has 3 aromatic heterocycles. The average molecular weight is 441 g/mol. The third-order valence-electron chi connectivity index (χ3n) is 4.73. The lowest BCUT2D eigenvalue weighted by Crippen LogP contribution is -2.19. The van der Waals surface area contributed by atoms with Gasteiger partial charge < -0.3 is 19.0 Å². The number of amides is 1. The van der Waals surface area contributed by atoms with E-state index in [9.17, 15) is 4.79 Å². The Morgan fingerprint density at radius 2 is 2.03 bits per heavy atom. The zero-order valence-electron chi connectivity index (χ0n) is 17.1. The highest BCUT2D eigenvalue weighted by Gasteiger charge is 2.16. The lowest BCUT2D eigenvalue weighted by molar-refractivity contribution is -0.121. The Balaban J connectivity index is 1.32. The summed E-state index contributed by atoms with van der Waals surface area (Å²) in [6.07, 6.45) is 1.55. The molecule has 0 saturated heterocycles. The minimum absolute atomic E-state index is 0.127. The molecular formula is C22H21ClN4O4. The first-order chi connectivity index (χ1) is 15.0. The summed E-state index contributed by atoms with van der Waals surface area (Å²) in [4.78, 5) is 12.4. The van der Waals surface area contributed by atoms with Crippen molar-refractivity contribution in [3.8, 4) is 11.5 Å². The third-order valence-corrected chi connectivity index (χ3v) is 5.10. The van der Waals surface area contributed by atoms with Gasteiger partial charge in [-0.25, -0.2) is 0 Å². The second-order valence-electron chi connectivity index (χ2n) is 7.00. The first-order valence-electron chi connectivity index (χ1n) is 9.65. The Hall–Kier alpha value is -3.36. The standard InChI is InChI=1S/C22H21ClN4O4/c1-14-22(15(2)27(25-14)11-16-6-3-4-7-18(16)23)24-21(28)13-29-12-17-10-20(31-26-17)19-8-5-9-30-19/h3-10H,11-13H2,1-2H3,(H,24,28). The number of hydrogen-bond donors (Lipinski definition) is 1. The number of carbonyl (C=O) groups is 1. The number of benzene rings is 1. The molecule has 0 unspecified atom stereocenters. The van der Waals surface area contributed by atoms with E-state index in [-0.39, 0.29) is 19.1 Å². The van der Waals surface area contributed by atoms with Crippen LogP contribution in [0.2, 0.25) is 5.02 Å². The van der Waals surface area contributed by atoms with Crippen LogP contribution in [0.25, 0.3) is 11.5 Å². The molecule has 1 amide bonds. The lowest BCUT2D eigenvalue weighted by atomic mass is 10.2. The molecular weight excluding hydrogens is 420 g/mol. The Morgan fingerprint density at radius 1 is 1.19 bits per heavy atom. The summed E-state index contributed by atoms with van der Waals surface area (Å²) in [7, 11) is 0. The second kappa shape index (κ2) is 9.20. The van der Waals surface area contributed by atoms with Crippen molar-refractivity contribution in [2.24, 2.45) is 0 Å². The van der Waals surface area contributed by atoms with Gasteiger partial charge in [0.2, 0.25) is 11.7 Å². The largest absolute Gasteiger partial charge is 0.461 e. The lowest BCUT2D eigenvalue weighted by Gasteiger charge is -2.08. The van der Waals surface area contributed by atoms with Crippen molar-refractivity contribution >= 4 is 23.2 Å².